The average Bonchev–Trinajstić information content (AvgIpc) is 2.63. The third kappa shape index (κ3) is 2.08. The molecule has 1 heterocycles. The quantitative estimate of drug-likeness (QED) is 0.636. The predicted molar refractivity (Wildman–Crippen MR) is 73.6 cm³/mol. The van der Waals surface area contributed by atoms with Crippen molar-refractivity contribution in [3.8, 4) is 5.88 Å². The minimum absolute atomic E-state index is 0.0731. The highest BCUT2D eigenvalue weighted by Crippen LogP contribution is 2.41. The molecule has 4 nitrogen and oxygen atoms in total. The first-order chi connectivity index (χ1) is 8.70. The number of fused-ring (bicyclic) bond motifs is 1. The fourth-order valence-corrected chi connectivity index (χ4v) is 2.44. The molecule has 0 bridgehead atoms. The van der Waals surface area contributed by atoms with E-state index < -0.39 is 0 Å². The Morgan fingerprint density at radius 1 is 1.39 bits per heavy atom. The highest BCUT2D eigenvalue weighted by Gasteiger charge is 2.18. The van der Waals surface area contributed by atoms with Crippen molar-refractivity contribution in [3.05, 3.63) is 28.1 Å². The van der Waals surface area contributed by atoms with Crippen molar-refractivity contribution in [3.63, 3.8) is 0 Å². The van der Waals surface area contributed by atoms with E-state index in [0.29, 0.717) is 22.5 Å². The molecule has 96 valence electrons. The van der Waals surface area contributed by atoms with Gasteiger partial charge in [-0.25, -0.2) is 0 Å². The molecule has 0 atom stereocenters. The van der Waals surface area contributed by atoms with E-state index in [9.17, 15) is 10.0 Å². The molecule has 18 heavy (non-hydrogen) atoms. The second kappa shape index (κ2) is 5.40. The second-order valence-corrected chi connectivity index (χ2v) is 4.67. The number of rotatable bonds is 5. The van der Waals surface area contributed by atoms with Gasteiger partial charge in [0.2, 0.25) is 5.88 Å². The Labute approximate surface area is 110 Å². The summed E-state index contributed by atoms with van der Waals surface area (Å²) in [5.74, 6) is -0.0933. The van der Waals surface area contributed by atoms with E-state index in [-0.39, 0.29) is 11.6 Å². The molecule has 1 aromatic carbocycles. The van der Waals surface area contributed by atoms with Crippen LogP contribution in [0.3, 0.4) is 0 Å². The Morgan fingerprint density at radius 2 is 2.17 bits per heavy atom. The SMILES string of the molecule is CCCCCn1c(O)c(N=O)c2cccc(Cl)c21. The lowest BCUT2D eigenvalue weighted by Gasteiger charge is -2.07. The van der Waals surface area contributed by atoms with Crippen LogP contribution in [-0.4, -0.2) is 9.67 Å². The lowest BCUT2D eigenvalue weighted by molar-refractivity contribution is 0.417. The molecule has 0 fully saturated rings. The van der Waals surface area contributed by atoms with Crippen molar-refractivity contribution in [2.45, 2.75) is 32.7 Å². The van der Waals surface area contributed by atoms with E-state index in [1.165, 1.54) is 0 Å². The van der Waals surface area contributed by atoms with Crippen LogP contribution in [-0.2, 0) is 6.54 Å². The number of nitrogens with zero attached hydrogens (tertiary/aromatic N) is 2. The number of halogens is 1. The minimum atomic E-state index is -0.0933. The van der Waals surface area contributed by atoms with Crippen molar-refractivity contribution in [1.29, 1.82) is 0 Å². The number of aryl methyl sites for hydroxylation is 1. The summed E-state index contributed by atoms with van der Waals surface area (Å²) in [5, 5.41) is 14.1. The Kier molecular flexibility index (Phi) is 3.87. The molecule has 0 saturated heterocycles. The third-order valence-corrected chi connectivity index (χ3v) is 3.36. The second-order valence-electron chi connectivity index (χ2n) is 4.26. The molecule has 0 unspecified atom stereocenters. The van der Waals surface area contributed by atoms with Crippen LogP contribution in [0.15, 0.2) is 23.4 Å². The summed E-state index contributed by atoms with van der Waals surface area (Å²) in [5.41, 5.74) is 0.756. The molecule has 0 saturated carbocycles. The van der Waals surface area contributed by atoms with E-state index in [2.05, 4.69) is 12.1 Å². The molecule has 0 aliphatic carbocycles. The molecular formula is C13H15ClN2O2. The molecule has 0 radical (unpaired) electrons. The molecule has 1 aromatic heterocycles. The molecule has 2 aromatic rings. The highest BCUT2D eigenvalue weighted by atomic mass is 35.5. The van der Waals surface area contributed by atoms with Gasteiger partial charge < -0.3 is 9.67 Å². The standard InChI is InChI=1S/C13H15ClN2O2/c1-2-3-4-8-16-12-9(6-5-7-10(12)14)11(15-18)13(16)17/h5-7,17H,2-4,8H2,1H3. The van der Waals surface area contributed by atoms with Crippen LogP contribution in [0.25, 0.3) is 10.9 Å². The van der Waals surface area contributed by atoms with Gasteiger partial charge in [-0.2, -0.15) is 0 Å². The van der Waals surface area contributed by atoms with E-state index in [0.717, 1.165) is 19.3 Å². The van der Waals surface area contributed by atoms with Crippen LogP contribution in [0.2, 0.25) is 5.02 Å². The van der Waals surface area contributed by atoms with Crippen molar-refractivity contribution >= 4 is 28.2 Å². The largest absolute Gasteiger partial charge is 0.493 e. The summed E-state index contributed by atoms with van der Waals surface area (Å²) in [4.78, 5) is 10.8. The summed E-state index contributed by atoms with van der Waals surface area (Å²) < 4.78 is 1.67. The Hall–Kier alpha value is -1.55. The van der Waals surface area contributed by atoms with Gasteiger partial charge in [-0.1, -0.05) is 43.5 Å². The summed E-state index contributed by atoms with van der Waals surface area (Å²) in [6.45, 7) is 2.74. The number of hydrogen-bond acceptors (Lipinski definition) is 3. The number of unbranched alkanes of at least 4 members (excludes halogenated alkanes) is 2. The number of benzene rings is 1. The van der Waals surface area contributed by atoms with Gasteiger partial charge in [0.15, 0.2) is 5.69 Å². The van der Waals surface area contributed by atoms with Gasteiger partial charge >= 0.3 is 0 Å². The summed E-state index contributed by atoms with van der Waals surface area (Å²) in [7, 11) is 0. The molecular weight excluding hydrogens is 252 g/mol. The molecule has 2 rings (SSSR count). The number of para-hydroxylation sites is 1. The monoisotopic (exact) mass is 266 g/mol. The zero-order valence-corrected chi connectivity index (χ0v) is 10.9. The van der Waals surface area contributed by atoms with Crippen LogP contribution in [0.4, 0.5) is 5.69 Å². The van der Waals surface area contributed by atoms with Crippen molar-refractivity contribution in [2.24, 2.45) is 5.18 Å². The van der Waals surface area contributed by atoms with E-state index in [1.54, 1.807) is 22.8 Å². The molecule has 0 aliphatic heterocycles. The van der Waals surface area contributed by atoms with Crippen molar-refractivity contribution in [1.82, 2.24) is 4.57 Å². The average molecular weight is 267 g/mol. The Bertz CT molecular complexity index is 578. The number of aromatic nitrogens is 1. The summed E-state index contributed by atoms with van der Waals surface area (Å²) >= 11 is 6.14. The van der Waals surface area contributed by atoms with Crippen LogP contribution >= 0.6 is 11.6 Å². The van der Waals surface area contributed by atoms with Gasteiger partial charge in [0.05, 0.1) is 10.5 Å². The van der Waals surface area contributed by atoms with Crippen LogP contribution in [0, 0.1) is 4.91 Å². The first-order valence-electron chi connectivity index (χ1n) is 6.03. The molecule has 0 spiro atoms. The van der Waals surface area contributed by atoms with E-state index in [4.69, 9.17) is 11.6 Å². The fourth-order valence-electron chi connectivity index (χ4n) is 2.16. The van der Waals surface area contributed by atoms with Gasteiger partial charge in [0.1, 0.15) is 0 Å². The van der Waals surface area contributed by atoms with Gasteiger partial charge in [-0.15, -0.1) is 4.91 Å². The van der Waals surface area contributed by atoms with Crippen molar-refractivity contribution < 1.29 is 5.11 Å². The number of hydrogen-bond donors (Lipinski definition) is 1. The minimum Gasteiger partial charge on any atom is -0.493 e. The topological polar surface area (TPSA) is 54.6 Å². The molecule has 1 N–H and O–H groups in total. The molecule has 0 aliphatic rings. The fraction of sp³-hybridized carbons (Fsp3) is 0.385. The van der Waals surface area contributed by atoms with Crippen LogP contribution < -0.4 is 0 Å². The van der Waals surface area contributed by atoms with Gasteiger partial charge in [0.25, 0.3) is 0 Å². The smallest absolute Gasteiger partial charge is 0.222 e. The summed E-state index contributed by atoms with van der Waals surface area (Å²) in [6.07, 6.45) is 3.08. The van der Waals surface area contributed by atoms with Gasteiger partial charge in [0, 0.05) is 11.9 Å². The zero-order chi connectivity index (χ0) is 13.1. The zero-order valence-electron chi connectivity index (χ0n) is 10.2. The third-order valence-electron chi connectivity index (χ3n) is 3.06. The maximum atomic E-state index is 10.8. The molecule has 5 heteroatoms. The Morgan fingerprint density at radius 3 is 2.83 bits per heavy atom. The summed E-state index contributed by atoms with van der Waals surface area (Å²) in [6, 6.07) is 5.23. The molecule has 0 amide bonds. The van der Waals surface area contributed by atoms with Crippen LogP contribution in [0.5, 0.6) is 5.88 Å². The van der Waals surface area contributed by atoms with Gasteiger partial charge in [-0.05, 0) is 17.7 Å². The van der Waals surface area contributed by atoms with Crippen molar-refractivity contribution in [2.75, 3.05) is 0 Å². The Balaban J connectivity index is 2.56. The maximum Gasteiger partial charge on any atom is 0.222 e. The first-order valence-corrected chi connectivity index (χ1v) is 6.41. The van der Waals surface area contributed by atoms with E-state index in [1.807, 2.05) is 0 Å². The van der Waals surface area contributed by atoms with E-state index >= 15 is 0 Å². The first kappa shape index (κ1) is 12.9. The number of aromatic hydroxyl groups is 1. The van der Waals surface area contributed by atoms with Gasteiger partial charge in [-0.3, -0.25) is 0 Å². The maximum absolute atomic E-state index is 10.8. The number of nitroso groups, excluding NO2 is 1. The lowest BCUT2D eigenvalue weighted by atomic mass is 10.2. The highest BCUT2D eigenvalue weighted by molar-refractivity contribution is 6.35. The lowest BCUT2D eigenvalue weighted by Crippen LogP contribution is -1.97. The predicted octanol–water partition coefficient (Wildman–Crippen LogP) is 4.59. The van der Waals surface area contributed by atoms with Crippen LogP contribution in [0.1, 0.15) is 26.2 Å². The normalized spacial score (nSPS) is 11.0.